The van der Waals surface area contributed by atoms with Crippen LogP contribution < -0.4 is 5.11 Å². The molecule has 0 N–H and O–H groups in total. The van der Waals surface area contributed by atoms with Gasteiger partial charge in [0.25, 0.3) is 0 Å². The summed E-state index contributed by atoms with van der Waals surface area (Å²) in [6, 6.07) is 17.3. The smallest absolute Gasteiger partial charge is 0.0731 e. The molecule has 1 heterocycles. The Morgan fingerprint density at radius 3 is 2.47 bits per heavy atom. The van der Waals surface area contributed by atoms with Crippen molar-refractivity contribution in [3.8, 4) is 11.1 Å². The lowest BCUT2D eigenvalue weighted by atomic mass is 10.0. The third-order valence-corrected chi connectivity index (χ3v) is 3.03. The van der Waals surface area contributed by atoms with Crippen molar-refractivity contribution in [2.24, 2.45) is 0 Å². The number of aromatic carboxylic acids is 1. The molecule has 0 saturated heterocycles. The number of carboxylic acid groups (broad SMARTS) is 1. The maximum absolute atomic E-state index is 10.8. The van der Waals surface area contributed by atoms with Crippen molar-refractivity contribution in [3.63, 3.8) is 0 Å². The average molecular weight is 248 g/mol. The molecule has 3 heteroatoms. The van der Waals surface area contributed by atoms with Crippen molar-refractivity contribution < 1.29 is 9.90 Å². The summed E-state index contributed by atoms with van der Waals surface area (Å²) >= 11 is 0. The van der Waals surface area contributed by atoms with Crippen molar-refractivity contribution >= 4 is 16.9 Å². The van der Waals surface area contributed by atoms with Crippen LogP contribution >= 0.6 is 0 Å². The van der Waals surface area contributed by atoms with Crippen LogP contribution in [0.5, 0.6) is 0 Å². The van der Waals surface area contributed by atoms with E-state index in [-0.39, 0.29) is 5.56 Å². The predicted molar refractivity (Wildman–Crippen MR) is 71.5 cm³/mol. The molecule has 0 aliphatic heterocycles. The Kier molecular flexibility index (Phi) is 2.72. The molecule has 2 aromatic carbocycles. The van der Waals surface area contributed by atoms with E-state index in [0.29, 0.717) is 0 Å². The Hall–Kier alpha value is -2.68. The van der Waals surface area contributed by atoms with E-state index in [0.717, 1.165) is 22.0 Å². The van der Waals surface area contributed by atoms with Crippen LogP contribution in [-0.2, 0) is 0 Å². The standard InChI is InChI=1S/C16H11NO2/c18-16(19)14-8-13-7-6-12(9-15(13)17-10-14)11-4-2-1-3-5-11/h1-10H,(H,18,19)/p-1. The molecular weight excluding hydrogens is 238 g/mol. The molecule has 0 bridgehead atoms. The largest absolute Gasteiger partial charge is 0.545 e. The van der Waals surface area contributed by atoms with E-state index in [2.05, 4.69) is 4.98 Å². The first kappa shape index (κ1) is 11.4. The minimum absolute atomic E-state index is 0.0972. The molecule has 0 saturated carbocycles. The topological polar surface area (TPSA) is 53.0 Å². The molecule has 0 unspecified atom stereocenters. The maximum Gasteiger partial charge on any atom is 0.0731 e. The highest BCUT2D eigenvalue weighted by atomic mass is 16.4. The summed E-state index contributed by atoms with van der Waals surface area (Å²) in [5.41, 5.74) is 3.03. The van der Waals surface area contributed by atoms with Crippen LogP contribution in [0, 0.1) is 0 Å². The lowest BCUT2D eigenvalue weighted by Gasteiger charge is -2.06. The number of fused-ring (bicyclic) bond motifs is 1. The number of pyridine rings is 1. The van der Waals surface area contributed by atoms with Gasteiger partial charge in [-0.2, -0.15) is 0 Å². The molecule has 0 atom stereocenters. The van der Waals surface area contributed by atoms with Gasteiger partial charge in [0.05, 0.1) is 11.5 Å². The van der Waals surface area contributed by atoms with Crippen molar-refractivity contribution in [3.05, 3.63) is 66.4 Å². The second-order valence-electron chi connectivity index (χ2n) is 4.28. The average Bonchev–Trinajstić information content (AvgIpc) is 2.47. The fourth-order valence-electron chi connectivity index (χ4n) is 2.04. The molecule has 0 amide bonds. The van der Waals surface area contributed by atoms with Crippen LogP contribution in [0.4, 0.5) is 0 Å². The van der Waals surface area contributed by atoms with Gasteiger partial charge in [-0.05, 0) is 23.3 Å². The highest BCUT2D eigenvalue weighted by Gasteiger charge is 2.02. The third-order valence-electron chi connectivity index (χ3n) is 3.03. The fraction of sp³-hybridized carbons (Fsp3) is 0. The number of carbonyl (C=O) groups excluding carboxylic acids is 1. The van der Waals surface area contributed by atoms with Crippen molar-refractivity contribution in [2.75, 3.05) is 0 Å². The van der Waals surface area contributed by atoms with E-state index in [1.54, 1.807) is 6.07 Å². The molecule has 3 aromatic rings. The molecule has 3 rings (SSSR count). The molecule has 0 aliphatic rings. The Morgan fingerprint density at radius 1 is 0.947 bits per heavy atom. The number of aromatic nitrogens is 1. The van der Waals surface area contributed by atoms with E-state index in [4.69, 9.17) is 0 Å². The van der Waals surface area contributed by atoms with Crippen LogP contribution in [0.25, 0.3) is 22.0 Å². The van der Waals surface area contributed by atoms with Crippen LogP contribution in [-0.4, -0.2) is 11.0 Å². The normalized spacial score (nSPS) is 10.5. The zero-order valence-electron chi connectivity index (χ0n) is 10.0. The van der Waals surface area contributed by atoms with E-state index in [1.807, 2.05) is 48.5 Å². The number of benzene rings is 2. The lowest BCUT2D eigenvalue weighted by molar-refractivity contribution is -0.255. The van der Waals surface area contributed by atoms with Crippen LogP contribution in [0.3, 0.4) is 0 Å². The number of rotatable bonds is 2. The molecule has 3 nitrogen and oxygen atoms in total. The van der Waals surface area contributed by atoms with Gasteiger partial charge in [-0.3, -0.25) is 4.98 Å². The molecule has 0 radical (unpaired) electrons. The highest BCUT2D eigenvalue weighted by molar-refractivity contribution is 5.92. The first-order chi connectivity index (χ1) is 9.24. The number of nitrogens with zero attached hydrogens (tertiary/aromatic N) is 1. The molecule has 92 valence electrons. The van der Waals surface area contributed by atoms with Gasteiger partial charge in [0, 0.05) is 17.1 Å². The number of carboxylic acids is 1. The Labute approximate surface area is 110 Å². The number of carbonyl (C=O) groups is 1. The van der Waals surface area contributed by atoms with Crippen molar-refractivity contribution in [1.29, 1.82) is 0 Å². The second kappa shape index (κ2) is 4.53. The van der Waals surface area contributed by atoms with E-state index in [1.165, 1.54) is 6.20 Å². The molecule has 19 heavy (non-hydrogen) atoms. The lowest BCUT2D eigenvalue weighted by Crippen LogP contribution is -2.22. The molecule has 1 aromatic heterocycles. The zero-order valence-corrected chi connectivity index (χ0v) is 10.0. The summed E-state index contributed by atoms with van der Waals surface area (Å²) in [4.78, 5) is 14.9. The summed E-state index contributed by atoms with van der Waals surface area (Å²) in [7, 11) is 0. The van der Waals surface area contributed by atoms with E-state index in [9.17, 15) is 9.90 Å². The summed E-state index contributed by atoms with van der Waals surface area (Å²) in [5.74, 6) is -1.21. The van der Waals surface area contributed by atoms with E-state index >= 15 is 0 Å². The predicted octanol–water partition coefficient (Wildman–Crippen LogP) is 2.27. The first-order valence-corrected chi connectivity index (χ1v) is 5.90. The monoisotopic (exact) mass is 248 g/mol. The molecule has 0 fully saturated rings. The summed E-state index contributed by atoms with van der Waals surface area (Å²) in [6.45, 7) is 0. The molecular formula is C16H10NO2-. The van der Waals surface area contributed by atoms with Gasteiger partial charge < -0.3 is 9.90 Å². The van der Waals surface area contributed by atoms with Gasteiger partial charge in [-0.1, -0.05) is 42.5 Å². The number of hydrogen-bond donors (Lipinski definition) is 0. The molecule has 0 aliphatic carbocycles. The fourth-order valence-corrected chi connectivity index (χ4v) is 2.04. The SMILES string of the molecule is O=C([O-])c1cnc2cc(-c3ccccc3)ccc2c1. The minimum atomic E-state index is -1.21. The Bertz CT molecular complexity index is 751. The Morgan fingerprint density at radius 2 is 1.74 bits per heavy atom. The second-order valence-corrected chi connectivity index (χ2v) is 4.28. The van der Waals surface area contributed by atoms with Gasteiger partial charge in [0.15, 0.2) is 0 Å². The summed E-state index contributed by atoms with van der Waals surface area (Å²) < 4.78 is 0. The van der Waals surface area contributed by atoms with E-state index < -0.39 is 5.97 Å². The Balaban J connectivity index is 2.12. The van der Waals surface area contributed by atoms with Gasteiger partial charge in [-0.25, -0.2) is 0 Å². The van der Waals surface area contributed by atoms with Gasteiger partial charge in [-0.15, -0.1) is 0 Å². The first-order valence-electron chi connectivity index (χ1n) is 5.90. The minimum Gasteiger partial charge on any atom is -0.545 e. The molecule has 0 spiro atoms. The quantitative estimate of drug-likeness (QED) is 0.699. The van der Waals surface area contributed by atoms with Gasteiger partial charge in [0.2, 0.25) is 0 Å². The summed E-state index contributed by atoms with van der Waals surface area (Å²) in [6.07, 6.45) is 1.33. The zero-order chi connectivity index (χ0) is 13.2. The van der Waals surface area contributed by atoms with Crippen molar-refractivity contribution in [1.82, 2.24) is 4.98 Å². The van der Waals surface area contributed by atoms with Crippen molar-refractivity contribution in [2.45, 2.75) is 0 Å². The van der Waals surface area contributed by atoms with Gasteiger partial charge >= 0.3 is 0 Å². The third kappa shape index (κ3) is 2.18. The van der Waals surface area contributed by atoms with Gasteiger partial charge in [0.1, 0.15) is 0 Å². The van der Waals surface area contributed by atoms with Crippen LogP contribution in [0.1, 0.15) is 10.4 Å². The maximum atomic E-state index is 10.8. The van der Waals surface area contributed by atoms with Crippen LogP contribution in [0.15, 0.2) is 60.8 Å². The summed E-state index contributed by atoms with van der Waals surface area (Å²) in [5, 5.41) is 11.6. The van der Waals surface area contributed by atoms with Crippen LogP contribution in [0.2, 0.25) is 0 Å². The highest BCUT2D eigenvalue weighted by Crippen LogP contribution is 2.23. The number of hydrogen-bond acceptors (Lipinski definition) is 3.